The highest BCUT2D eigenvalue weighted by Crippen LogP contribution is 2.33. The Bertz CT molecular complexity index is 699. The van der Waals surface area contributed by atoms with Crippen LogP contribution >= 0.6 is 0 Å². The van der Waals surface area contributed by atoms with Crippen LogP contribution in [0.1, 0.15) is 35.8 Å². The van der Waals surface area contributed by atoms with Gasteiger partial charge in [0.05, 0.1) is 0 Å². The number of nitrogens with zero attached hydrogens (tertiary/aromatic N) is 1. The van der Waals surface area contributed by atoms with Crippen LogP contribution in [0.3, 0.4) is 0 Å². The molecule has 0 amide bonds. The van der Waals surface area contributed by atoms with Crippen LogP contribution in [0.4, 0.5) is 5.82 Å². The van der Waals surface area contributed by atoms with E-state index < -0.39 is 5.97 Å². The van der Waals surface area contributed by atoms with Gasteiger partial charge in [-0.3, -0.25) is 0 Å². The monoisotopic (exact) mass is 302 g/mol. The number of aromatic carboxylic acids is 1. The van der Waals surface area contributed by atoms with E-state index in [0.29, 0.717) is 17.3 Å². The fourth-order valence-electron chi connectivity index (χ4n) is 2.01. The van der Waals surface area contributed by atoms with Crippen LogP contribution in [0, 0.1) is 0 Å². The fraction of sp³-hybridized carbons (Fsp3) is 0.250. The van der Waals surface area contributed by atoms with Crippen LogP contribution in [0.25, 0.3) is 0 Å². The van der Waals surface area contributed by atoms with E-state index in [-0.39, 0.29) is 17.4 Å². The number of pyridine rings is 1. The van der Waals surface area contributed by atoms with Gasteiger partial charge in [-0.25, -0.2) is 9.78 Å². The van der Waals surface area contributed by atoms with E-state index in [0.717, 1.165) is 5.56 Å². The molecule has 1 heterocycles. The third kappa shape index (κ3) is 3.28. The number of carbonyl (C=O) groups is 1. The van der Waals surface area contributed by atoms with Crippen molar-refractivity contribution in [3.63, 3.8) is 0 Å². The lowest BCUT2D eigenvalue weighted by molar-refractivity contribution is 0.0690. The van der Waals surface area contributed by atoms with E-state index in [1.165, 1.54) is 6.07 Å². The maximum Gasteiger partial charge on any atom is 0.354 e. The summed E-state index contributed by atoms with van der Waals surface area (Å²) in [5.74, 6) is 0.556. The number of carboxylic acid groups (broad SMARTS) is 1. The summed E-state index contributed by atoms with van der Waals surface area (Å²) in [7, 11) is 1.64. The third-order valence-electron chi connectivity index (χ3n) is 3.16. The Morgan fingerprint density at radius 2 is 2.00 bits per heavy atom. The number of phenols is 1. The Kier molecular flexibility index (Phi) is 4.50. The molecule has 0 fully saturated rings. The van der Waals surface area contributed by atoms with Gasteiger partial charge in [-0.2, -0.15) is 0 Å². The first-order valence-electron chi connectivity index (χ1n) is 6.85. The number of aromatic hydroxyl groups is 1. The molecule has 0 aliphatic rings. The topological polar surface area (TPSA) is 91.7 Å². The Morgan fingerprint density at radius 1 is 1.27 bits per heavy atom. The van der Waals surface area contributed by atoms with Crippen LogP contribution in [0.5, 0.6) is 17.2 Å². The minimum absolute atomic E-state index is 0.0646. The summed E-state index contributed by atoms with van der Waals surface area (Å²) in [6.07, 6.45) is 0. The summed E-state index contributed by atoms with van der Waals surface area (Å²) in [6, 6.07) is 7.89. The fourth-order valence-corrected chi connectivity index (χ4v) is 2.01. The molecule has 0 atom stereocenters. The van der Waals surface area contributed by atoms with Gasteiger partial charge in [-0.15, -0.1) is 0 Å². The van der Waals surface area contributed by atoms with Crippen LogP contribution in [0.15, 0.2) is 30.3 Å². The van der Waals surface area contributed by atoms with Crippen molar-refractivity contribution in [2.75, 3.05) is 12.4 Å². The highest BCUT2D eigenvalue weighted by Gasteiger charge is 2.13. The van der Waals surface area contributed by atoms with Gasteiger partial charge in [0.15, 0.2) is 17.3 Å². The number of anilines is 1. The highest BCUT2D eigenvalue weighted by molar-refractivity contribution is 5.86. The zero-order valence-electron chi connectivity index (χ0n) is 12.6. The number of ether oxygens (including phenoxy) is 1. The Hall–Kier alpha value is -2.76. The second kappa shape index (κ2) is 6.34. The number of nitrogens with one attached hydrogen (secondary N) is 1. The summed E-state index contributed by atoms with van der Waals surface area (Å²) in [6.45, 7) is 3.95. The first-order valence-corrected chi connectivity index (χ1v) is 6.85. The Labute approximate surface area is 128 Å². The zero-order chi connectivity index (χ0) is 16.3. The van der Waals surface area contributed by atoms with Crippen LogP contribution in [-0.2, 0) is 0 Å². The molecule has 0 saturated carbocycles. The third-order valence-corrected chi connectivity index (χ3v) is 3.16. The van der Waals surface area contributed by atoms with E-state index in [9.17, 15) is 9.90 Å². The lowest BCUT2D eigenvalue weighted by Gasteiger charge is -2.13. The molecule has 2 rings (SSSR count). The number of benzene rings is 1. The molecule has 22 heavy (non-hydrogen) atoms. The van der Waals surface area contributed by atoms with E-state index in [4.69, 9.17) is 9.84 Å². The smallest absolute Gasteiger partial charge is 0.354 e. The van der Waals surface area contributed by atoms with E-state index in [1.54, 1.807) is 31.3 Å². The molecular weight excluding hydrogens is 284 g/mol. The average molecular weight is 302 g/mol. The molecule has 116 valence electrons. The van der Waals surface area contributed by atoms with Crippen molar-refractivity contribution in [1.29, 1.82) is 0 Å². The van der Waals surface area contributed by atoms with Crippen molar-refractivity contribution in [3.8, 4) is 17.2 Å². The lowest BCUT2D eigenvalue weighted by atomic mass is 10.0. The summed E-state index contributed by atoms with van der Waals surface area (Å²) in [5.41, 5.74) is 0.712. The average Bonchev–Trinajstić information content (AvgIpc) is 2.49. The number of carboxylic acids is 1. The Balaban J connectivity index is 2.34. The summed E-state index contributed by atoms with van der Waals surface area (Å²) >= 11 is 0. The molecule has 3 N–H and O–H groups in total. The molecule has 0 unspecified atom stereocenters. The van der Waals surface area contributed by atoms with Gasteiger partial charge in [0.1, 0.15) is 11.5 Å². The van der Waals surface area contributed by atoms with Crippen LogP contribution in [-0.4, -0.2) is 28.2 Å². The van der Waals surface area contributed by atoms with Crippen LogP contribution in [0.2, 0.25) is 0 Å². The molecule has 1 aromatic heterocycles. The van der Waals surface area contributed by atoms with Crippen molar-refractivity contribution >= 4 is 11.8 Å². The molecule has 0 aliphatic carbocycles. The maximum atomic E-state index is 10.9. The summed E-state index contributed by atoms with van der Waals surface area (Å²) < 4.78 is 5.75. The van der Waals surface area contributed by atoms with E-state index in [1.807, 2.05) is 13.8 Å². The molecule has 6 heteroatoms. The quantitative estimate of drug-likeness (QED) is 0.783. The zero-order valence-corrected chi connectivity index (χ0v) is 12.6. The second-order valence-electron chi connectivity index (χ2n) is 5.08. The maximum absolute atomic E-state index is 10.9. The Morgan fingerprint density at radius 3 is 2.59 bits per heavy atom. The standard InChI is InChI=1S/C16H18N2O4/c1-9(2)11-8-10(4-6-13(11)19)22-14-7-5-12(16(20)21)18-15(14)17-3/h4-9,19H,1-3H3,(H,17,18)(H,20,21). The van der Waals surface area contributed by atoms with Crippen molar-refractivity contribution < 1.29 is 19.7 Å². The molecule has 2 aromatic rings. The molecule has 6 nitrogen and oxygen atoms in total. The highest BCUT2D eigenvalue weighted by atomic mass is 16.5. The number of aromatic nitrogens is 1. The summed E-state index contributed by atoms with van der Waals surface area (Å²) in [5, 5.41) is 21.6. The van der Waals surface area contributed by atoms with Crippen molar-refractivity contribution in [2.45, 2.75) is 19.8 Å². The van der Waals surface area contributed by atoms with Crippen molar-refractivity contribution in [1.82, 2.24) is 4.98 Å². The predicted octanol–water partition coefficient (Wildman–Crippen LogP) is 3.44. The van der Waals surface area contributed by atoms with Gasteiger partial charge in [0, 0.05) is 12.6 Å². The van der Waals surface area contributed by atoms with E-state index >= 15 is 0 Å². The van der Waals surface area contributed by atoms with Gasteiger partial charge < -0.3 is 20.3 Å². The van der Waals surface area contributed by atoms with Crippen LogP contribution < -0.4 is 10.1 Å². The molecule has 0 saturated heterocycles. The number of rotatable bonds is 5. The molecule has 1 aromatic carbocycles. The van der Waals surface area contributed by atoms with Gasteiger partial charge in [-0.05, 0) is 36.2 Å². The first-order chi connectivity index (χ1) is 10.4. The normalized spacial score (nSPS) is 10.5. The number of phenolic OH excluding ortho intramolecular Hbond substituents is 1. The molecule has 0 aliphatic heterocycles. The van der Waals surface area contributed by atoms with Gasteiger partial charge in [0.25, 0.3) is 0 Å². The SMILES string of the molecule is CNc1nc(C(=O)O)ccc1Oc1ccc(O)c(C(C)C)c1. The minimum Gasteiger partial charge on any atom is -0.508 e. The van der Waals surface area contributed by atoms with Crippen molar-refractivity contribution in [3.05, 3.63) is 41.6 Å². The van der Waals surface area contributed by atoms with E-state index in [2.05, 4.69) is 10.3 Å². The molecule has 0 radical (unpaired) electrons. The number of hydrogen-bond donors (Lipinski definition) is 3. The summed E-state index contributed by atoms with van der Waals surface area (Å²) in [4.78, 5) is 14.9. The molecule has 0 spiro atoms. The number of hydrogen-bond acceptors (Lipinski definition) is 5. The molecular formula is C16H18N2O4. The second-order valence-corrected chi connectivity index (χ2v) is 5.08. The lowest BCUT2D eigenvalue weighted by Crippen LogP contribution is -2.04. The largest absolute Gasteiger partial charge is 0.508 e. The van der Waals surface area contributed by atoms with Gasteiger partial charge in [-0.1, -0.05) is 13.8 Å². The predicted molar refractivity (Wildman–Crippen MR) is 83.0 cm³/mol. The minimum atomic E-state index is -1.10. The first kappa shape index (κ1) is 15.6. The van der Waals surface area contributed by atoms with Gasteiger partial charge in [0.2, 0.25) is 0 Å². The molecule has 0 bridgehead atoms. The van der Waals surface area contributed by atoms with Gasteiger partial charge >= 0.3 is 5.97 Å². The van der Waals surface area contributed by atoms with Crippen molar-refractivity contribution in [2.24, 2.45) is 0 Å².